The van der Waals surface area contributed by atoms with E-state index in [-0.39, 0.29) is 52.4 Å². The van der Waals surface area contributed by atoms with Gasteiger partial charge in [0.1, 0.15) is 5.60 Å². The van der Waals surface area contributed by atoms with Gasteiger partial charge in [-0.25, -0.2) is 0 Å². The first kappa shape index (κ1) is 22.1. The lowest BCUT2D eigenvalue weighted by Crippen LogP contribution is -2.62. The summed E-state index contributed by atoms with van der Waals surface area (Å²) >= 11 is 0. The van der Waals surface area contributed by atoms with E-state index < -0.39 is 5.60 Å². The number of allylic oxidation sites excluding steroid dienone is 1. The molecule has 4 fully saturated rings. The molecule has 8 atom stereocenters. The Labute approximate surface area is 190 Å². The number of methoxy groups -OCH3 is 2. The summed E-state index contributed by atoms with van der Waals surface area (Å²) in [6, 6.07) is 0. The second-order valence-electron chi connectivity index (χ2n) is 11.4. The highest BCUT2D eigenvalue weighted by Gasteiger charge is 2.70. The Bertz CT molecular complexity index is 878. The van der Waals surface area contributed by atoms with Crippen molar-refractivity contribution in [2.24, 2.45) is 34.5 Å². The van der Waals surface area contributed by atoms with Gasteiger partial charge in [-0.2, -0.15) is 0 Å². The Kier molecular flexibility index (Phi) is 5.12. The van der Waals surface area contributed by atoms with Gasteiger partial charge < -0.3 is 14.2 Å². The van der Waals surface area contributed by atoms with Gasteiger partial charge in [-0.15, -0.1) is 0 Å². The maximum absolute atomic E-state index is 12.5. The molecule has 6 nitrogen and oxygen atoms in total. The molecule has 32 heavy (non-hydrogen) atoms. The molecule has 5 rings (SSSR count). The Hall–Kier alpha value is -1.69. The van der Waals surface area contributed by atoms with E-state index in [4.69, 9.17) is 14.2 Å². The molecule has 0 aromatic carbocycles. The van der Waals surface area contributed by atoms with Crippen molar-refractivity contribution in [3.63, 3.8) is 0 Å². The Morgan fingerprint density at radius 3 is 2.59 bits per heavy atom. The molecule has 0 aromatic heterocycles. The minimum absolute atomic E-state index is 0.00224. The SMILES string of the molecule is COC(=O)C[C@@H]1CC2=CC(=O)CCC2(C)C2C1C1CC[C@@]3(CCC(=O)O3)C1(C)C[C@H]2OC. The summed E-state index contributed by atoms with van der Waals surface area (Å²) in [6.07, 6.45) is 8.41. The van der Waals surface area contributed by atoms with Crippen LogP contribution in [-0.2, 0) is 28.6 Å². The quantitative estimate of drug-likeness (QED) is 0.612. The Morgan fingerprint density at radius 1 is 1.16 bits per heavy atom. The highest BCUT2D eigenvalue weighted by Crippen LogP contribution is 2.71. The molecule has 4 aliphatic carbocycles. The van der Waals surface area contributed by atoms with Crippen molar-refractivity contribution in [3.8, 4) is 0 Å². The van der Waals surface area contributed by atoms with Crippen LogP contribution >= 0.6 is 0 Å². The summed E-state index contributed by atoms with van der Waals surface area (Å²) < 4.78 is 17.4. The van der Waals surface area contributed by atoms with Crippen LogP contribution in [0.2, 0.25) is 0 Å². The molecule has 1 saturated heterocycles. The summed E-state index contributed by atoms with van der Waals surface area (Å²) in [5.41, 5.74) is 0.507. The number of carbonyl (C=O) groups excluding carboxylic acids is 3. The second kappa shape index (κ2) is 7.41. The first-order valence-corrected chi connectivity index (χ1v) is 12.2. The van der Waals surface area contributed by atoms with E-state index in [9.17, 15) is 14.4 Å². The standard InChI is InChI=1S/C26H36O6/c1-24-8-5-17(27)13-16(24)11-15(12-21(29)31-4)22-18-6-9-26(10-7-20(28)32-26)25(18,2)14-19(30-3)23(22)24/h13,15,18-19,22-23H,5-12,14H2,1-4H3/t15-,18?,19+,22?,23?,24?,25?,26+/m0/s1. The van der Waals surface area contributed by atoms with Gasteiger partial charge >= 0.3 is 11.9 Å². The van der Waals surface area contributed by atoms with Crippen LogP contribution in [0.25, 0.3) is 0 Å². The van der Waals surface area contributed by atoms with Gasteiger partial charge in [-0.3, -0.25) is 14.4 Å². The summed E-state index contributed by atoms with van der Waals surface area (Å²) in [6.45, 7) is 4.62. The average Bonchev–Trinajstić information content (AvgIpc) is 3.28. The van der Waals surface area contributed by atoms with E-state index in [2.05, 4.69) is 13.8 Å². The summed E-state index contributed by atoms with van der Waals surface area (Å²) in [7, 11) is 3.24. The molecule has 6 heteroatoms. The second-order valence-corrected chi connectivity index (χ2v) is 11.4. The van der Waals surface area contributed by atoms with Gasteiger partial charge in [0.25, 0.3) is 0 Å². The molecule has 5 unspecified atom stereocenters. The fraction of sp³-hybridized carbons (Fsp3) is 0.808. The van der Waals surface area contributed by atoms with E-state index in [0.717, 1.165) is 38.5 Å². The van der Waals surface area contributed by atoms with E-state index in [1.807, 2.05) is 6.08 Å². The molecule has 0 N–H and O–H groups in total. The van der Waals surface area contributed by atoms with Gasteiger partial charge in [0.15, 0.2) is 5.78 Å². The lowest BCUT2D eigenvalue weighted by atomic mass is 9.43. The van der Waals surface area contributed by atoms with Crippen molar-refractivity contribution in [2.75, 3.05) is 14.2 Å². The van der Waals surface area contributed by atoms with Crippen LogP contribution in [0.15, 0.2) is 11.6 Å². The zero-order valence-electron chi connectivity index (χ0n) is 19.8. The highest BCUT2D eigenvalue weighted by atomic mass is 16.6. The third-order valence-electron chi connectivity index (χ3n) is 10.3. The maximum atomic E-state index is 12.5. The molecule has 1 spiro atoms. The normalized spacial score (nSPS) is 47.4. The zero-order chi connectivity index (χ0) is 22.9. The van der Waals surface area contributed by atoms with E-state index in [1.165, 1.54) is 12.7 Å². The average molecular weight is 445 g/mol. The van der Waals surface area contributed by atoms with Crippen molar-refractivity contribution in [1.29, 1.82) is 0 Å². The van der Waals surface area contributed by atoms with Crippen LogP contribution in [0, 0.1) is 34.5 Å². The van der Waals surface area contributed by atoms with Crippen LogP contribution in [0.5, 0.6) is 0 Å². The number of esters is 2. The molecular weight excluding hydrogens is 408 g/mol. The molecule has 0 aromatic rings. The monoisotopic (exact) mass is 444 g/mol. The molecule has 1 heterocycles. The fourth-order valence-corrected chi connectivity index (χ4v) is 8.79. The largest absolute Gasteiger partial charge is 0.469 e. The molecule has 0 amide bonds. The van der Waals surface area contributed by atoms with Gasteiger partial charge in [-0.1, -0.05) is 19.4 Å². The van der Waals surface area contributed by atoms with Gasteiger partial charge in [-0.05, 0) is 73.7 Å². The predicted octanol–water partition coefficient (Wildman–Crippen LogP) is 4.01. The molecule has 176 valence electrons. The first-order chi connectivity index (χ1) is 15.2. The Morgan fingerprint density at radius 2 is 1.94 bits per heavy atom. The number of carbonyl (C=O) groups is 3. The van der Waals surface area contributed by atoms with Crippen molar-refractivity contribution < 1.29 is 28.6 Å². The zero-order valence-corrected chi connectivity index (χ0v) is 19.8. The van der Waals surface area contributed by atoms with Crippen LogP contribution in [0.1, 0.15) is 71.6 Å². The number of hydrogen-bond donors (Lipinski definition) is 0. The maximum Gasteiger partial charge on any atom is 0.306 e. The molecule has 0 radical (unpaired) electrons. The number of rotatable bonds is 3. The number of ketones is 1. The van der Waals surface area contributed by atoms with E-state index in [0.29, 0.717) is 25.2 Å². The number of fused-ring (bicyclic) bond motifs is 6. The summed E-state index contributed by atoms with van der Waals surface area (Å²) in [4.78, 5) is 37.0. The minimum atomic E-state index is -0.411. The number of ether oxygens (including phenoxy) is 3. The minimum Gasteiger partial charge on any atom is -0.469 e. The van der Waals surface area contributed by atoms with Crippen LogP contribution in [0.4, 0.5) is 0 Å². The van der Waals surface area contributed by atoms with Crippen molar-refractivity contribution >= 4 is 17.7 Å². The topological polar surface area (TPSA) is 78.9 Å². The van der Waals surface area contributed by atoms with Crippen molar-refractivity contribution in [2.45, 2.75) is 83.3 Å². The molecule has 3 saturated carbocycles. The lowest BCUT2D eigenvalue weighted by molar-refractivity contribution is -0.198. The highest BCUT2D eigenvalue weighted by molar-refractivity contribution is 5.91. The van der Waals surface area contributed by atoms with Gasteiger partial charge in [0.05, 0.1) is 13.2 Å². The van der Waals surface area contributed by atoms with E-state index >= 15 is 0 Å². The van der Waals surface area contributed by atoms with Crippen LogP contribution in [-0.4, -0.2) is 43.6 Å². The third kappa shape index (κ3) is 2.90. The van der Waals surface area contributed by atoms with E-state index in [1.54, 1.807) is 7.11 Å². The van der Waals surface area contributed by atoms with Crippen LogP contribution < -0.4 is 0 Å². The molecular formula is C26H36O6. The van der Waals surface area contributed by atoms with Crippen LogP contribution in [0.3, 0.4) is 0 Å². The Balaban J connectivity index is 1.61. The number of hydrogen-bond acceptors (Lipinski definition) is 6. The predicted molar refractivity (Wildman–Crippen MR) is 116 cm³/mol. The van der Waals surface area contributed by atoms with Gasteiger partial charge in [0, 0.05) is 31.8 Å². The summed E-state index contributed by atoms with van der Waals surface area (Å²) in [5, 5.41) is 0. The molecule has 0 bridgehead atoms. The van der Waals surface area contributed by atoms with Gasteiger partial charge in [0.2, 0.25) is 0 Å². The fourth-order valence-electron chi connectivity index (χ4n) is 8.79. The lowest BCUT2D eigenvalue weighted by Gasteiger charge is -2.63. The summed E-state index contributed by atoms with van der Waals surface area (Å²) in [5.74, 6) is 0.886. The molecule has 1 aliphatic heterocycles. The first-order valence-electron chi connectivity index (χ1n) is 12.2. The smallest absolute Gasteiger partial charge is 0.306 e. The van der Waals surface area contributed by atoms with Crippen molar-refractivity contribution in [1.82, 2.24) is 0 Å². The third-order valence-corrected chi connectivity index (χ3v) is 10.3. The van der Waals surface area contributed by atoms with Crippen molar-refractivity contribution in [3.05, 3.63) is 11.6 Å². The molecule has 5 aliphatic rings.